The molecule has 3 aromatic carbocycles. The van der Waals surface area contributed by atoms with Crippen molar-refractivity contribution in [2.75, 3.05) is 6.61 Å². The molecule has 8 heteroatoms. The molecule has 0 fully saturated rings. The van der Waals surface area contributed by atoms with Gasteiger partial charge in [0.15, 0.2) is 0 Å². The van der Waals surface area contributed by atoms with Crippen LogP contribution in [0.3, 0.4) is 0 Å². The van der Waals surface area contributed by atoms with Gasteiger partial charge >= 0.3 is 5.97 Å². The van der Waals surface area contributed by atoms with Gasteiger partial charge in [0.2, 0.25) is 0 Å². The number of nitrogens with zero attached hydrogens (tertiary/aromatic N) is 1. The zero-order chi connectivity index (χ0) is 26.4. The van der Waals surface area contributed by atoms with E-state index in [4.69, 9.17) is 9.47 Å². The number of carbonyl (C=O) groups excluding carboxylic acids is 2. The van der Waals surface area contributed by atoms with Crippen LogP contribution >= 0.6 is 11.8 Å². The lowest BCUT2D eigenvalue weighted by Gasteiger charge is -2.07. The molecule has 1 heterocycles. The first-order valence-corrected chi connectivity index (χ1v) is 12.3. The first-order valence-electron chi connectivity index (χ1n) is 11.5. The van der Waals surface area contributed by atoms with E-state index in [9.17, 15) is 19.1 Å². The number of aryl methyl sites for hydroxylation is 1. The number of halogens is 1. The van der Waals surface area contributed by atoms with E-state index in [0.29, 0.717) is 16.2 Å². The quantitative estimate of drug-likeness (QED) is 0.364. The molecule has 188 valence electrons. The Hall–Kier alpha value is -4.17. The largest absolute Gasteiger partial charge is 0.506 e. The van der Waals surface area contributed by atoms with Gasteiger partial charge in [-0.25, -0.2) is 14.2 Å². The third-order valence-electron chi connectivity index (χ3n) is 5.37. The number of aliphatic hydroxyl groups is 1. The molecule has 3 aromatic rings. The predicted molar refractivity (Wildman–Crippen MR) is 142 cm³/mol. The summed E-state index contributed by atoms with van der Waals surface area (Å²) in [6, 6.07) is 20.1. The highest BCUT2D eigenvalue weighted by molar-refractivity contribution is 8.18. The molecule has 37 heavy (non-hydrogen) atoms. The number of ether oxygens (including phenoxy) is 2. The second-order valence-corrected chi connectivity index (χ2v) is 9.16. The molecule has 1 aliphatic rings. The standard InChI is InChI=1S/C29H24FNO5S/c1-3-35-29(34)25-26(32)24(37-28(25)31-27(33)21-10-4-18(2)5-11-21)16-19-8-14-23(15-9-19)36-17-20-6-12-22(30)13-7-20/h4-16,32H,3,17H2,1-2H3/b24-16-,31-28?. The first-order chi connectivity index (χ1) is 17.8. The smallest absolute Gasteiger partial charge is 0.344 e. The van der Waals surface area contributed by atoms with Crippen LogP contribution in [0.4, 0.5) is 4.39 Å². The molecule has 0 atom stereocenters. The SMILES string of the molecule is CCOC(=O)C1=C(O)/C(=C/c2ccc(OCc3ccc(F)cc3)cc2)SC1=NC(=O)c1ccc(C)cc1. The summed E-state index contributed by atoms with van der Waals surface area (Å²) >= 11 is 1.02. The normalized spacial score (nSPS) is 15.3. The van der Waals surface area contributed by atoms with Gasteiger partial charge in [-0.2, -0.15) is 0 Å². The summed E-state index contributed by atoms with van der Waals surface area (Å²) in [6.45, 7) is 3.96. The summed E-state index contributed by atoms with van der Waals surface area (Å²) in [4.78, 5) is 29.8. The van der Waals surface area contributed by atoms with Crippen LogP contribution in [0.15, 0.2) is 94.0 Å². The molecule has 0 saturated carbocycles. The number of benzene rings is 3. The second kappa shape index (κ2) is 11.7. The molecule has 1 N–H and O–H groups in total. The first kappa shape index (κ1) is 25.9. The number of hydrogen-bond donors (Lipinski definition) is 1. The number of aliphatic imine (C=N–C) groups is 1. The Labute approximate surface area is 218 Å². The van der Waals surface area contributed by atoms with Crippen molar-refractivity contribution >= 4 is 34.8 Å². The van der Waals surface area contributed by atoms with Gasteiger partial charge in [-0.1, -0.05) is 53.7 Å². The molecule has 0 unspecified atom stereocenters. The lowest BCUT2D eigenvalue weighted by atomic mass is 10.1. The molecule has 1 aliphatic heterocycles. The van der Waals surface area contributed by atoms with Crippen LogP contribution in [0, 0.1) is 12.7 Å². The molecular weight excluding hydrogens is 493 g/mol. The Balaban J connectivity index is 1.54. The number of esters is 1. The van der Waals surface area contributed by atoms with Crippen molar-refractivity contribution in [1.82, 2.24) is 0 Å². The maximum Gasteiger partial charge on any atom is 0.344 e. The van der Waals surface area contributed by atoms with E-state index >= 15 is 0 Å². The van der Waals surface area contributed by atoms with Crippen LogP contribution < -0.4 is 4.74 Å². The van der Waals surface area contributed by atoms with Gasteiger partial charge in [0.05, 0.1) is 11.5 Å². The Morgan fingerprint density at radius 2 is 1.68 bits per heavy atom. The fourth-order valence-corrected chi connectivity index (χ4v) is 4.42. The minimum Gasteiger partial charge on any atom is -0.506 e. The fraction of sp³-hybridized carbons (Fsp3) is 0.138. The highest BCUT2D eigenvalue weighted by Gasteiger charge is 2.33. The minimum absolute atomic E-state index is 0.0760. The highest BCUT2D eigenvalue weighted by Crippen LogP contribution is 2.39. The number of amides is 1. The topological polar surface area (TPSA) is 85.2 Å². The van der Waals surface area contributed by atoms with E-state index in [1.807, 2.05) is 6.92 Å². The summed E-state index contributed by atoms with van der Waals surface area (Å²) in [5.74, 6) is -1.27. The zero-order valence-electron chi connectivity index (χ0n) is 20.2. The van der Waals surface area contributed by atoms with Crippen molar-refractivity contribution in [3.63, 3.8) is 0 Å². The molecule has 1 amide bonds. The Morgan fingerprint density at radius 3 is 2.32 bits per heavy atom. The lowest BCUT2D eigenvalue weighted by Crippen LogP contribution is -2.14. The van der Waals surface area contributed by atoms with Crippen LogP contribution in [0.5, 0.6) is 5.75 Å². The second-order valence-electron chi connectivity index (χ2n) is 8.13. The van der Waals surface area contributed by atoms with Crippen molar-refractivity contribution in [3.05, 3.63) is 117 Å². The number of rotatable bonds is 7. The highest BCUT2D eigenvalue weighted by atomic mass is 32.2. The molecule has 4 rings (SSSR count). The molecule has 0 saturated heterocycles. The Bertz CT molecular complexity index is 1390. The summed E-state index contributed by atoms with van der Waals surface area (Å²) in [5, 5.41) is 10.9. The molecule has 0 spiro atoms. The summed E-state index contributed by atoms with van der Waals surface area (Å²) in [7, 11) is 0. The van der Waals surface area contributed by atoms with Gasteiger partial charge in [-0.05, 0) is 67.4 Å². The van der Waals surface area contributed by atoms with E-state index in [1.54, 1.807) is 73.7 Å². The summed E-state index contributed by atoms with van der Waals surface area (Å²) in [6.07, 6.45) is 1.68. The number of aliphatic hydroxyl groups excluding tert-OH is 1. The van der Waals surface area contributed by atoms with Gasteiger partial charge in [-0.3, -0.25) is 4.79 Å². The fourth-order valence-electron chi connectivity index (χ4n) is 3.40. The van der Waals surface area contributed by atoms with E-state index in [0.717, 1.165) is 28.5 Å². The van der Waals surface area contributed by atoms with Crippen molar-refractivity contribution in [2.45, 2.75) is 20.5 Å². The lowest BCUT2D eigenvalue weighted by molar-refractivity contribution is -0.138. The van der Waals surface area contributed by atoms with Crippen molar-refractivity contribution < 1.29 is 28.6 Å². The van der Waals surface area contributed by atoms with Gasteiger partial charge in [0, 0.05) is 5.56 Å². The molecule has 0 bridgehead atoms. The van der Waals surface area contributed by atoms with Crippen molar-refractivity contribution in [1.29, 1.82) is 0 Å². The predicted octanol–water partition coefficient (Wildman–Crippen LogP) is 6.41. The molecular formula is C29H24FNO5S. The van der Waals surface area contributed by atoms with Crippen molar-refractivity contribution in [2.24, 2.45) is 4.99 Å². The molecule has 6 nitrogen and oxygen atoms in total. The average molecular weight is 518 g/mol. The number of carbonyl (C=O) groups is 2. The molecule has 0 aliphatic carbocycles. The zero-order valence-corrected chi connectivity index (χ0v) is 21.0. The van der Waals surface area contributed by atoms with Crippen molar-refractivity contribution in [3.8, 4) is 5.75 Å². The third kappa shape index (κ3) is 6.54. The maximum absolute atomic E-state index is 13.1. The maximum atomic E-state index is 13.1. The van der Waals surface area contributed by atoms with Crippen LogP contribution in [-0.2, 0) is 16.1 Å². The van der Waals surface area contributed by atoms with E-state index in [1.165, 1.54) is 12.1 Å². The number of hydrogen-bond acceptors (Lipinski definition) is 6. The van der Waals surface area contributed by atoms with Gasteiger partial charge in [0.1, 0.15) is 34.5 Å². The summed E-state index contributed by atoms with van der Waals surface area (Å²) < 4.78 is 23.9. The van der Waals surface area contributed by atoms with Gasteiger partial charge < -0.3 is 14.6 Å². The van der Waals surface area contributed by atoms with Gasteiger partial charge in [-0.15, -0.1) is 0 Å². The van der Waals surface area contributed by atoms with E-state index in [-0.39, 0.29) is 35.4 Å². The Kier molecular flexibility index (Phi) is 8.20. The molecule has 0 aromatic heterocycles. The van der Waals surface area contributed by atoms with Crippen LogP contribution in [0.25, 0.3) is 6.08 Å². The summed E-state index contributed by atoms with van der Waals surface area (Å²) in [5.41, 5.74) is 2.80. The van der Waals surface area contributed by atoms with E-state index < -0.39 is 11.9 Å². The number of thioether (sulfide) groups is 1. The Morgan fingerprint density at radius 1 is 1.00 bits per heavy atom. The minimum atomic E-state index is -0.754. The monoisotopic (exact) mass is 517 g/mol. The average Bonchev–Trinajstić information content (AvgIpc) is 3.19. The third-order valence-corrected chi connectivity index (χ3v) is 6.39. The van der Waals surface area contributed by atoms with E-state index in [2.05, 4.69) is 4.99 Å². The molecule has 0 radical (unpaired) electrons. The van der Waals surface area contributed by atoms with Crippen LogP contribution in [0.1, 0.15) is 34.0 Å². The van der Waals surface area contributed by atoms with Gasteiger partial charge in [0.25, 0.3) is 5.91 Å². The van der Waals surface area contributed by atoms with Crippen LogP contribution in [0.2, 0.25) is 0 Å². The van der Waals surface area contributed by atoms with Crippen LogP contribution in [-0.4, -0.2) is 28.6 Å².